The van der Waals surface area contributed by atoms with E-state index in [0.717, 1.165) is 0 Å². The highest BCUT2D eigenvalue weighted by Gasteiger charge is 2.07. The predicted octanol–water partition coefficient (Wildman–Crippen LogP) is 2.16. The number of rotatable bonds is 2. The van der Waals surface area contributed by atoms with E-state index in [0.29, 0.717) is 5.75 Å². The Balaban J connectivity index is 2.65. The number of hydrogen-bond donors (Lipinski definition) is 0. The molecule has 0 heterocycles. The van der Waals surface area contributed by atoms with Gasteiger partial charge in [-0.15, -0.1) is 0 Å². The summed E-state index contributed by atoms with van der Waals surface area (Å²) in [5.41, 5.74) is 0. The Morgan fingerprint density at radius 2 is 1.92 bits per heavy atom. The molecule has 0 N–H and O–H groups in total. The van der Waals surface area contributed by atoms with Gasteiger partial charge < -0.3 is 4.74 Å². The number of thiocarbonyl (C=S) groups is 1. The van der Waals surface area contributed by atoms with Crippen LogP contribution < -0.4 is 4.74 Å². The first kappa shape index (κ1) is 9.16. The molecule has 0 aliphatic heterocycles. The second-order valence-electron chi connectivity index (χ2n) is 1.98. The van der Waals surface area contributed by atoms with Crippen LogP contribution in [-0.4, -0.2) is 10.3 Å². The summed E-state index contributed by atoms with van der Waals surface area (Å²) in [4.78, 5) is 10.8. The highest BCUT2D eigenvalue weighted by Crippen LogP contribution is 2.09. The first-order valence-electron chi connectivity index (χ1n) is 3.17. The Morgan fingerprint density at radius 1 is 1.33 bits per heavy atom. The van der Waals surface area contributed by atoms with Crippen molar-refractivity contribution >= 4 is 34.1 Å². The van der Waals surface area contributed by atoms with E-state index in [9.17, 15) is 4.79 Å². The fraction of sp³-hybridized carbons (Fsp3) is 0. The minimum absolute atomic E-state index is 0.293. The van der Waals surface area contributed by atoms with Crippen LogP contribution in [0.2, 0.25) is 0 Å². The largest absolute Gasteiger partial charge is 0.422 e. The highest BCUT2D eigenvalue weighted by atomic mass is 35.5. The minimum Gasteiger partial charge on any atom is -0.422 e. The van der Waals surface area contributed by atoms with Gasteiger partial charge >= 0.3 is 5.97 Å². The Kier molecular flexibility index (Phi) is 3.19. The van der Waals surface area contributed by atoms with E-state index in [1.807, 2.05) is 6.07 Å². The summed E-state index contributed by atoms with van der Waals surface area (Å²) in [5, 5.41) is 0. The summed E-state index contributed by atoms with van der Waals surface area (Å²) >= 11 is 9.64. The molecule has 0 aliphatic carbocycles. The molecule has 2 nitrogen and oxygen atoms in total. The molecule has 0 saturated carbocycles. The molecule has 1 aromatic rings. The van der Waals surface area contributed by atoms with Gasteiger partial charge in [-0.2, -0.15) is 0 Å². The van der Waals surface area contributed by atoms with E-state index >= 15 is 0 Å². The SMILES string of the molecule is O=C(Oc1ccccc1)C(=S)Cl. The van der Waals surface area contributed by atoms with Crippen molar-refractivity contribution < 1.29 is 9.53 Å². The topological polar surface area (TPSA) is 26.3 Å². The van der Waals surface area contributed by atoms with Crippen LogP contribution >= 0.6 is 23.8 Å². The van der Waals surface area contributed by atoms with Crippen molar-refractivity contribution in [1.82, 2.24) is 0 Å². The average Bonchev–Trinajstić information content (AvgIpc) is 2.06. The number of benzene rings is 1. The zero-order chi connectivity index (χ0) is 8.97. The molecule has 1 aromatic carbocycles. The van der Waals surface area contributed by atoms with Crippen LogP contribution in [0, 0.1) is 0 Å². The monoisotopic (exact) mass is 200 g/mol. The van der Waals surface area contributed by atoms with Crippen LogP contribution in [0.5, 0.6) is 5.75 Å². The van der Waals surface area contributed by atoms with Crippen LogP contribution in [0.25, 0.3) is 0 Å². The fourth-order valence-electron chi connectivity index (χ4n) is 0.636. The highest BCUT2D eigenvalue weighted by molar-refractivity contribution is 7.85. The third-order valence-corrected chi connectivity index (χ3v) is 1.44. The quantitative estimate of drug-likeness (QED) is 0.317. The minimum atomic E-state index is -0.696. The van der Waals surface area contributed by atoms with Crippen molar-refractivity contribution in [2.24, 2.45) is 0 Å². The molecule has 0 aliphatic rings. The van der Waals surface area contributed by atoms with E-state index in [-0.39, 0.29) is 4.32 Å². The summed E-state index contributed by atoms with van der Waals surface area (Å²) in [7, 11) is 0. The molecule has 0 bridgehead atoms. The lowest BCUT2D eigenvalue weighted by molar-refractivity contribution is -0.126. The van der Waals surface area contributed by atoms with Crippen molar-refractivity contribution in [3.05, 3.63) is 30.3 Å². The zero-order valence-corrected chi connectivity index (χ0v) is 7.56. The maximum Gasteiger partial charge on any atom is 0.366 e. The van der Waals surface area contributed by atoms with Crippen molar-refractivity contribution in [2.45, 2.75) is 0 Å². The smallest absolute Gasteiger partial charge is 0.366 e. The van der Waals surface area contributed by atoms with Crippen molar-refractivity contribution in [1.29, 1.82) is 0 Å². The second-order valence-corrected chi connectivity index (χ2v) is 2.99. The maximum atomic E-state index is 10.8. The van der Waals surface area contributed by atoms with Gasteiger partial charge in [0.05, 0.1) is 0 Å². The molecule has 0 spiro atoms. The normalized spacial score (nSPS) is 9.08. The van der Waals surface area contributed by atoms with Crippen molar-refractivity contribution in [3.63, 3.8) is 0 Å². The number of ether oxygens (including phenoxy) is 1. The standard InChI is InChI=1S/C8H5ClO2S/c9-7(12)8(10)11-6-4-2-1-3-5-6/h1-5H. The van der Waals surface area contributed by atoms with Gasteiger partial charge in [0, 0.05) is 0 Å². The lowest BCUT2D eigenvalue weighted by Gasteiger charge is -1.99. The maximum absolute atomic E-state index is 10.8. The number of carbonyl (C=O) groups is 1. The third-order valence-electron chi connectivity index (χ3n) is 1.11. The van der Waals surface area contributed by atoms with Crippen LogP contribution in [0.3, 0.4) is 0 Å². The van der Waals surface area contributed by atoms with Gasteiger partial charge in [0.15, 0.2) is 4.32 Å². The molecule has 12 heavy (non-hydrogen) atoms. The summed E-state index contributed by atoms with van der Waals surface area (Å²) in [6, 6.07) is 8.61. The van der Waals surface area contributed by atoms with Crippen LogP contribution in [0.1, 0.15) is 0 Å². The van der Waals surface area contributed by atoms with Crippen LogP contribution in [-0.2, 0) is 4.79 Å². The number of halogens is 1. The predicted molar refractivity (Wildman–Crippen MR) is 50.5 cm³/mol. The van der Waals surface area contributed by atoms with Gasteiger partial charge in [0.1, 0.15) is 5.75 Å². The van der Waals surface area contributed by atoms with E-state index in [2.05, 4.69) is 12.2 Å². The van der Waals surface area contributed by atoms with Crippen LogP contribution in [0.4, 0.5) is 0 Å². The molecule has 1 rings (SSSR count). The van der Waals surface area contributed by atoms with E-state index in [1.165, 1.54) is 0 Å². The van der Waals surface area contributed by atoms with Crippen molar-refractivity contribution in [2.75, 3.05) is 0 Å². The molecule has 0 aromatic heterocycles. The third kappa shape index (κ3) is 2.60. The number of para-hydroxylation sites is 1. The summed E-state index contributed by atoms with van der Waals surface area (Å²) in [5.74, 6) is -0.261. The molecule has 0 radical (unpaired) electrons. The Morgan fingerprint density at radius 3 is 2.42 bits per heavy atom. The van der Waals surface area contributed by atoms with Gasteiger partial charge in [0.25, 0.3) is 0 Å². The average molecular weight is 201 g/mol. The van der Waals surface area contributed by atoms with E-state index in [1.54, 1.807) is 24.3 Å². The molecule has 0 saturated heterocycles. The Hall–Kier alpha value is -0.930. The number of esters is 1. The summed E-state index contributed by atoms with van der Waals surface area (Å²) in [6.45, 7) is 0. The van der Waals surface area contributed by atoms with Crippen LogP contribution in [0.15, 0.2) is 30.3 Å². The van der Waals surface area contributed by atoms with Gasteiger partial charge in [-0.1, -0.05) is 42.0 Å². The number of carbonyl (C=O) groups excluding carboxylic acids is 1. The zero-order valence-electron chi connectivity index (χ0n) is 5.99. The molecular weight excluding hydrogens is 196 g/mol. The fourth-order valence-corrected chi connectivity index (χ4v) is 0.716. The Labute approximate surface area is 80.1 Å². The van der Waals surface area contributed by atoms with E-state index in [4.69, 9.17) is 16.3 Å². The van der Waals surface area contributed by atoms with Gasteiger partial charge in [-0.25, -0.2) is 4.79 Å². The molecule has 4 heteroatoms. The Bertz CT molecular complexity index is 297. The van der Waals surface area contributed by atoms with E-state index < -0.39 is 5.97 Å². The van der Waals surface area contributed by atoms with Gasteiger partial charge in [-0.3, -0.25) is 0 Å². The molecule has 0 unspecified atom stereocenters. The number of hydrogen-bond acceptors (Lipinski definition) is 3. The van der Waals surface area contributed by atoms with Gasteiger partial charge in [-0.05, 0) is 12.1 Å². The molecule has 0 fully saturated rings. The summed E-state index contributed by atoms with van der Waals surface area (Å²) < 4.78 is 4.47. The molecule has 0 amide bonds. The first-order chi connectivity index (χ1) is 5.70. The molecule has 0 atom stereocenters. The molecule has 62 valence electrons. The first-order valence-corrected chi connectivity index (χ1v) is 3.95. The van der Waals surface area contributed by atoms with Crippen molar-refractivity contribution in [3.8, 4) is 5.75 Å². The lowest BCUT2D eigenvalue weighted by Crippen LogP contribution is -2.13. The van der Waals surface area contributed by atoms with Gasteiger partial charge in [0.2, 0.25) is 0 Å². The summed E-state index contributed by atoms with van der Waals surface area (Å²) in [6.07, 6.45) is 0. The lowest BCUT2D eigenvalue weighted by atomic mass is 10.3. The second kappa shape index (κ2) is 4.18. The molecular formula is C8H5ClO2S.